The van der Waals surface area contributed by atoms with Crippen LogP contribution in [0.5, 0.6) is 0 Å². The summed E-state index contributed by atoms with van der Waals surface area (Å²) in [6.45, 7) is 8.56. The lowest BCUT2D eigenvalue weighted by molar-refractivity contribution is -0.644. The summed E-state index contributed by atoms with van der Waals surface area (Å²) in [7, 11) is 2.11. The Balaban J connectivity index is 2.67. The molecule has 2 aromatic heterocycles. The van der Waals surface area contributed by atoms with Crippen LogP contribution in [0.1, 0.15) is 22.4 Å². The average molecular weight is 251 g/mol. The minimum absolute atomic E-state index is 1.07. The highest BCUT2D eigenvalue weighted by Gasteiger charge is 2.17. The molecular formula is C17H19N2+. The highest BCUT2D eigenvalue weighted by atomic mass is 14.9. The Kier molecular flexibility index (Phi) is 2.56. The molecule has 19 heavy (non-hydrogen) atoms. The molecule has 0 aliphatic carbocycles. The molecule has 3 aromatic rings. The van der Waals surface area contributed by atoms with Gasteiger partial charge in [-0.05, 0) is 57.0 Å². The topological polar surface area (TPSA) is 16.8 Å². The van der Waals surface area contributed by atoms with Crippen molar-refractivity contribution in [2.75, 3.05) is 0 Å². The number of benzene rings is 1. The van der Waals surface area contributed by atoms with Crippen molar-refractivity contribution in [2.45, 2.75) is 27.7 Å². The summed E-state index contributed by atoms with van der Waals surface area (Å²) in [5, 5.41) is 2.57. The molecule has 2 heteroatoms. The lowest BCUT2D eigenvalue weighted by atomic mass is 9.98. The first-order valence-electron chi connectivity index (χ1n) is 6.65. The van der Waals surface area contributed by atoms with E-state index in [1.165, 1.54) is 33.0 Å². The van der Waals surface area contributed by atoms with Gasteiger partial charge in [-0.2, -0.15) is 0 Å². The van der Waals surface area contributed by atoms with Gasteiger partial charge < -0.3 is 0 Å². The highest BCUT2D eigenvalue weighted by Crippen LogP contribution is 2.29. The Morgan fingerprint density at radius 3 is 2.42 bits per heavy atom. The lowest BCUT2D eigenvalue weighted by Gasteiger charge is -2.10. The number of aromatic nitrogens is 2. The Morgan fingerprint density at radius 1 is 0.947 bits per heavy atom. The van der Waals surface area contributed by atoms with E-state index in [0.29, 0.717) is 0 Å². The maximum absolute atomic E-state index is 4.74. The summed E-state index contributed by atoms with van der Waals surface area (Å²) < 4.78 is 2.22. The van der Waals surface area contributed by atoms with Crippen LogP contribution < -0.4 is 4.57 Å². The van der Waals surface area contributed by atoms with Crippen molar-refractivity contribution in [2.24, 2.45) is 7.05 Å². The van der Waals surface area contributed by atoms with Crippen molar-refractivity contribution in [1.29, 1.82) is 0 Å². The molecule has 96 valence electrons. The second kappa shape index (κ2) is 4.02. The molecule has 0 aliphatic rings. The maximum atomic E-state index is 4.74. The van der Waals surface area contributed by atoms with Gasteiger partial charge in [0.2, 0.25) is 5.52 Å². The van der Waals surface area contributed by atoms with Crippen molar-refractivity contribution in [3.63, 3.8) is 0 Å². The zero-order valence-electron chi connectivity index (χ0n) is 12.2. The molecule has 0 radical (unpaired) electrons. The van der Waals surface area contributed by atoms with E-state index in [9.17, 15) is 0 Å². The SMILES string of the molecule is Cc1cc2c(C)c(C)c3nc(C)ccc3c2[n+](C)c1. The van der Waals surface area contributed by atoms with Gasteiger partial charge in [0.25, 0.3) is 0 Å². The third kappa shape index (κ3) is 1.71. The molecule has 0 unspecified atom stereocenters. The molecule has 0 bridgehead atoms. The Hall–Kier alpha value is -1.96. The molecule has 0 amide bonds. The van der Waals surface area contributed by atoms with E-state index in [1.54, 1.807) is 0 Å². The van der Waals surface area contributed by atoms with Crippen LogP contribution in [0.25, 0.3) is 21.8 Å². The molecule has 2 nitrogen and oxygen atoms in total. The van der Waals surface area contributed by atoms with E-state index in [0.717, 1.165) is 11.2 Å². The summed E-state index contributed by atoms with van der Waals surface area (Å²) in [5.41, 5.74) is 7.39. The van der Waals surface area contributed by atoms with E-state index < -0.39 is 0 Å². The van der Waals surface area contributed by atoms with Crippen LogP contribution in [0.4, 0.5) is 0 Å². The summed E-state index contributed by atoms with van der Waals surface area (Å²) >= 11 is 0. The maximum Gasteiger partial charge on any atom is 0.222 e. The lowest BCUT2D eigenvalue weighted by Crippen LogP contribution is -2.29. The molecule has 1 aromatic carbocycles. The van der Waals surface area contributed by atoms with Crippen LogP contribution in [0.2, 0.25) is 0 Å². The number of pyridine rings is 2. The fraction of sp³-hybridized carbons (Fsp3) is 0.294. The normalized spacial score (nSPS) is 11.4. The standard InChI is InChI=1S/C17H19N2/c1-10-8-15-12(3)13(4)16-14(7-6-11(2)18-16)17(15)19(5)9-10/h6-9H,1-5H3/q+1. The molecule has 0 fully saturated rings. The minimum Gasteiger partial charge on any atom is -0.253 e. The van der Waals surface area contributed by atoms with Gasteiger partial charge in [0.1, 0.15) is 7.05 Å². The van der Waals surface area contributed by atoms with Gasteiger partial charge in [0.05, 0.1) is 16.3 Å². The predicted octanol–water partition coefficient (Wildman–Crippen LogP) is 3.45. The summed E-state index contributed by atoms with van der Waals surface area (Å²) in [6.07, 6.45) is 2.18. The summed E-state index contributed by atoms with van der Waals surface area (Å²) in [6, 6.07) is 6.56. The van der Waals surface area contributed by atoms with E-state index in [2.05, 4.69) is 56.8 Å². The first-order chi connectivity index (χ1) is 8.99. The van der Waals surface area contributed by atoms with Crippen LogP contribution in [-0.4, -0.2) is 4.98 Å². The first kappa shape index (κ1) is 12.1. The zero-order chi connectivity index (χ0) is 13.7. The number of fused-ring (bicyclic) bond motifs is 3. The third-order valence-electron chi connectivity index (χ3n) is 3.99. The van der Waals surface area contributed by atoms with Crippen LogP contribution in [-0.2, 0) is 7.05 Å². The fourth-order valence-electron chi connectivity index (χ4n) is 2.93. The summed E-state index contributed by atoms with van der Waals surface area (Å²) in [5.74, 6) is 0. The van der Waals surface area contributed by atoms with Gasteiger partial charge in [0.15, 0.2) is 6.20 Å². The van der Waals surface area contributed by atoms with E-state index in [1.807, 2.05) is 6.92 Å². The second-order valence-electron chi connectivity index (χ2n) is 5.49. The number of hydrogen-bond acceptors (Lipinski definition) is 1. The van der Waals surface area contributed by atoms with Gasteiger partial charge in [-0.3, -0.25) is 4.98 Å². The molecule has 2 heterocycles. The molecule has 3 rings (SSSR count). The van der Waals surface area contributed by atoms with Crippen molar-refractivity contribution >= 4 is 21.8 Å². The molecule has 0 aliphatic heterocycles. The Labute approximate surface area is 113 Å². The van der Waals surface area contributed by atoms with Crippen LogP contribution in [0, 0.1) is 27.7 Å². The van der Waals surface area contributed by atoms with Gasteiger partial charge in [-0.25, -0.2) is 4.57 Å². The predicted molar refractivity (Wildman–Crippen MR) is 79.4 cm³/mol. The third-order valence-corrected chi connectivity index (χ3v) is 3.99. The Morgan fingerprint density at radius 2 is 1.68 bits per heavy atom. The van der Waals surface area contributed by atoms with E-state index in [4.69, 9.17) is 4.98 Å². The largest absolute Gasteiger partial charge is 0.253 e. The zero-order valence-corrected chi connectivity index (χ0v) is 12.2. The van der Waals surface area contributed by atoms with E-state index in [-0.39, 0.29) is 0 Å². The average Bonchev–Trinajstić information content (AvgIpc) is 2.35. The molecule has 0 saturated carbocycles. The number of rotatable bonds is 0. The minimum atomic E-state index is 1.07. The van der Waals surface area contributed by atoms with Gasteiger partial charge in [-0.15, -0.1) is 0 Å². The van der Waals surface area contributed by atoms with Crippen molar-refractivity contribution in [3.05, 3.63) is 46.8 Å². The molecule has 0 N–H and O–H groups in total. The number of nitrogens with zero attached hydrogens (tertiary/aromatic N) is 2. The van der Waals surface area contributed by atoms with E-state index >= 15 is 0 Å². The smallest absolute Gasteiger partial charge is 0.222 e. The molecule has 0 atom stereocenters. The van der Waals surface area contributed by atoms with Crippen molar-refractivity contribution in [1.82, 2.24) is 4.98 Å². The fourth-order valence-corrected chi connectivity index (χ4v) is 2.93. The van der Waals surface area contributed by atoms with Gasteiger partial charge in [-0.1, -0.05) is 0 Å². The van der Waals surface area contributed by atoms with Gasteiger partial charge in [0, 0.05) is 11.3 Å². The second-order valence-corrected chi connectivity index (χ2v) is 5.49. The Bertz CT molecular complexity index is 817. The molecule has 0 saturated heterocycles. The van der Waals surface area contributed by atoms with Crippen molar-refractivity contribution in [3.8, 4) is 0 Å². The molecule has 0 spiro atoms. The number of aryl methyl sites for hydroxylation is 5. The van der Waals surface area contributed by atoms with Crippen LogP contribution >= 0.6 is 0 Å². The highest BCUT2D eigenvalue weighted by molar-refractivity contribution is 6.05. The van der Waals surface area contributed by atoms with Crippen molar-refractivity contribution < 1.29 is 4.57 Å². The van der Waals surface area contributed by atoms with Crippen LogP contribution in [0.15, 0.2) is 24.4 Å². The quantitative estimate of drug-likeness (QED) is 0.442. The summed E-state index contributed by atoms with van der Waals surface area (Å²) in [4.78, 5) is 4.74. The van der Waals surface area contributed by atoms with Gasteiger partial charge >= 0.3 is 0 Å². The molecular weight excluding hydrogens is 232 g/mol. The number of hydrogen-bond donors (Lipinski definition) is 0. The van der Waals surface area contributed by atoms with Crippen LogP contribution in [0.3, 0.4) is 0 Å². The first-order valence-corrected chi connectivity index (χ1v) is 6.65. The monoisotopic (exact) mass is 251 g/mol.